The molecular formula is C13H16N3NaO7S. The molecule has 2 heterocycles. The number of rotatable bonds is 3. The summed E-state index contributed by atoms with van der Waals surface area (Å²) in [4.78, 5) is 25.3. The van der Waals surface area contributed by atoms with Gasteiger partial charge in [-0.05, 0) is 24.1 Å². The summed E-state index contributed by atoms with van der Waals surface area (Å²) in [6.07, 6.45) is 0.254. The van der Waals surface area contributed by atoms with Crippen LogP contribution in [0, 0.1) is 0 Å². The number of hydrogen-bond acceptors (Lipinski definition) is 6. The summed E-state index contributed by atoms with van der Waals surface area (Å²) in [6.45, 7) is 0.233. The number of phenols is 2. The molecule has 1 aromatic carbocycles. The summed E-state index contributed by atoms with van der Waals surface area (Å²) in [5.41, 5.74) is 0.536. The summed E-state index contributed by atoms with van der Waals surface area (Å²) in [6, 6.07) is 1.88. The summed E-state index contributed by atoms with van der Waals surface area (Å²) < 4.78 is 31.6. The van der Waals surface area contributed by atoms with Crippen molar-refractivity contribution in [3.05, 3.63) is 23.8 Å². The fourth-order valence-electron chi connectivity index (χ4n) is 3.00. The van der Waals surface area contributed by atoms with Gasteiger partial charge in [0, 0.05) is 13.1 Å². The first-order valence-corrected chi connectivity index (χ1v) is 8.46. The van der Waals surface area contributed by atoms with E-state index in [1.807, 2.05) is 0 Å². The van der Waals surface area contributed by atoms with E-state index in [2.05, 4.69) is 5.32 Å². The van der Waals surface area contributed by atoms with Crippen molar-refractivity contribution in [3.8, 4) is 11.5 Å². The summed E-state index contributed by atoms with van der Waals surface area (Å²) in [5, 5.41) is 21.2. The second-order valence-corrected chi connectivity index (χ2v) is 6.88. The summed E-state index contributed by atoms with van der Waals surface area (Å²) in [7, 11) is -4.61. The Morgan fingerprint density at radius 1 is 1.28 bits per heavy atom. The number of benzene rings is 1. The molecule has 1 aromatic rings. The molecule has 12 heteroatoms. The van der Waals surface area contributed by atoms with Crippen molar-refractivity contribution in [3.63, 3.8) is 0 Å². The molecule has 2 atom stereocenters. The van der Waals surface area contributed by atoms with Crippen molar-refractivity contribution >= 4 is 51.8 Å². The van der Waals surface area contributed by atoms with Crippen LogP contribution >= 0.6 is 0 Å². The van der Waals surface area contributed by atoms with E-state index >= 15 is 0 Å². The third kappa shape index (κ3) is 3.55. The number of phenolic OH excluding ortho intramolecular Hbond substituents is 2. The Bertz CT molecular complexity index is 816. The van der Waals surface area contributed by atoms with E-state index in [9.17, 15) is 28.2 Å². The number of carbonyl (C=O) groups is 2. The quantitative estimate of drug-likeness (QED) is 0.221. The second-order valence-electron chi connectivity index (χ2n) is 5.59. The monoisotopic (exact) mass is 381 g/mol. The zero-order valence-electron chi connectivity index (χ0n) is 12.3. The Morgan fingerprint density at radius 3 is 2.56 bits per heavy atom. The molecular weight excluding hydrogens is 365 g/mol. The minimum absolute atomic E-state index is 0. The molecule has 0 radical (unpaired) electrons. The standard InChI is InChI=1S/C13H15N3O7S.Na.H/c17-9-2-1-7(5-10(9)18)6-14-13(20)15-4-3-8-11(15)12(19)16(8)24(21,22)23;;/h1-2,5,8,11,17-18H,3-4,6H2,(H,14,20)(H,21,22,23);;/t8-,11+;;/m1../s1. The van der Waals surface area contributed by atoms with Gasteiger partial charge in [0.05, 0.1) is 6.04 Å². The predicted molar refractivity (Wildman–Crippen MR) is 86.4 cm³/mol. The maximum atomic E-state index is 12.2. The molecule has 132 valence electrons. The van der Waals surface area contributed by atoms with E-state index in [1.54, 1.807) is 0 Å². The van der Waals surface area contributed by atoms with Gasteiger partial charge in [0.15, 0.2) is 11.5 Å². The Kier molecular flexibility index (Phi) is 5.54. The molecule has 0 saturated carbocycles. The van der Waals surface area contributed by atoms with Crippen LogP contribution in [0.2, 0.25) is 0 Å². The van der Waals surface area contributed by atoms with Crippen LogP contribution in [0.3, 0.4) is 0 Å². The molecule has 4 N–H and O–H groups in total. The number of fused-ring (bicyclic) bond motifs is 1. The Labute approximate surface area is 165 Å². The van der Waals surface area contributed by atoms with E-state index in [0.717, 1.165) is 0 Å². The number of aromatic hydroxyl groups is 2. The molecule has 25 heavy (non-hydrogen) atoms. The molecule has 10 nitrogen and oxygen atoms in total. The van der Waals surface area contributed by atoms with Crippen molar-refractivity contribution in [2.75, 3.05) is 6.54 Å². The van der Waals surface area contributed by atoms with Crippen LogP contribution in [0.15, 0.2) is 18.2 Å². The minimum atomic E-state index is -4.61. The van der Waals surface area contributed by atoms with Gasteiger partial charge in [-0.15, -0.1) is 0 Å². The number of likely N-dealkylation sites (tertiary alicyclic amines) is 1. The Hall–Kier alpha value is -1.53. The van der Waals surface area contributed by atoms with E-state index < -0.39 is 34.3 Å². The zero-order valence-corrected chi connectivity index (χ0v) is 13.1. The van der Waals surface area contributed by atoms with Crippen LogP contribution in [0.1, 0.15) is 12.0 Å². The maximum absolute atomic E-state index is 12.2. The van der Waals surface area contributed by atoms with Gasteiger partial charge in [-0.25, -0.2) is 9.10 Å². The molecule has 2 aliphatic heterocycles. The van der Waals surface area contributed by atoms with Crippen molar-refractivity contribution in [1.29, 1.82) is 0 Å². The predicted octanol–water partition coefficient (Wildman–Crippen LogP) is -1.25. The number of β-lactam (4-membered cyclic amide) rings is 1. The number of nitrogens with zero attached hydrogens (tertiary/aromatic N) is 2. The van der Waals surface area contributed by atoms with Gasteiger partial charge in [0.2, 0.25) is 0 Å². The van der Waals surface area contributed by atoms with E-state index in [0.29, 0.717) is 9.87 Å². The molecule has 3 amide bonds. The fourth-order valence-corrected chi connectivity index (χ4v) is 3.90. The van der Waals surface area contributed by atoms with E-state index in [4.69, 9.17) is 4.55 Å². The first-order chi connectivity index (χ1) is 11.2. The molecule has 2 saturated heterocycles. The van der Waals surface area contributed by atoms with Crippen LogP contribution in [0.5, 0.6) is 11.5 Å². The third-order valence-corrected chi connectivity index (χ3v) is 5.08. The van der Waals surface area contributed by atoms with Crippen molar-refractivity contribution in [1.82, 2.24) is 14.5 Å². The third-order valence-electron chi connectivity index (χ3n) is 4.13. The van der Waals surface area contributed by atoms with Gasteiger partial charge in [-0.3, -0.25) is 9.35 Å². The molecule has 2 fully saturated rings. The Balaban J connectivity index is 0.00000225. The van der Waals surface area contributed by atoms with Crippen LogP contribution < -0.4 is 5.32 Å². The topological polar surface area (TPSA) is 147 Å². The van der Waals surface area contributed by atoms with Gasteiger partial charge >= 0.3 is 45.9 Å². The van der Waals surface area contributed by atoms with Gasteiger partial charge in [-0.2, -0.15) is 8.42 Å². The van der Waals surface area contributed by atoms with Crippen molar-refractivity contribution < 1.29 is 32.8 Å². The number of amides is 3. The van der Waals surface area contributed by atoms with Gasteiger partial charge in [0.25, 0.3) is 5.91 Å². The Morgan fingerprint density at radius 2 is 1.96 bits per heavy atom. The molecule has 0 spiro atoms. The van der Waals surface area contributed by atoms with Crippen LogP contribution in [0.4, 0.5) is 4.79 Å². The average Bonchev–Trinajstić information content (AvgIpc) is 2.85. The first kappa shape index (κ1) is 19.8. The number of hydrogen-bond donors (Lipinski definition) is 4. The average molecular weight is 381 g/mol. The van der Waals surface area contributed by atoms with Crippen molar-refractivity contribution in [2.24, 2.45) is 0 Å². The normalized spacial score (nSPS) is 22.0. The second kappa shape index (κ2) is 7.00. The van der Waals surface area contributed by atoms with Gasteiger partial charge in [-0.1, -0.05) is 6.07 Å². The van der Waals surface area contributed by atoms with Crippen LogP contribution in [0.25, 0.3) is 0 Å². The molecule has 3 rings (SSSR count). The van der Waals surface area contributed by atoms with Crippen molar-refractivity contribution in [2.45, 2.75) is 25.0 Å². The number of carbonyl (C=O) groups excluding carboxylic acids is 2. The van der Waals surface area contributed by atoms with Gasteiger partial charge in [0.1, 0.15) is 6.04 Å². The van der Waals surface area contributed by atoms with Crippen LogP contribution in [-0.4, -0.2) is 92.5 Å². The van der Waals surface area contributed by atoms with Crippen LogP contribution in [-0.2, 0) is 21.6 Å². The zero-order chi connectivity index (χ0) is 17.6. The van der Waals surface area contributed by atoms with Gasteiger partial charge < -0.3 is 20.4 Å². The molecule has 0 bridgehead atoms. The molecule has 0 aromatic heterocycles. The number of urea groups is 1. The SMILES string of the molecule is O=C(NCc1ccc(O)c(O)c1)N1CC[C@@H]2[C@H]1C(=O)N2S(=O)(=O)O.[NaH]. The fraction of sp³-hybridized carbons (Fsp3) is 0.385. The van der Waals surface area contributed by atoms with E-state index in [1.165, 1.54) is 23.1 Å². The number of nitrogens with one attached hydrogen (secondary N) is 1. The molecule has 2 aliphatic rings. The summed E-state index contributed by atoms with van der Waals surface area (Å²) >= 11 is 0. The molecule has 0 aliphatic carbocycles. The molecule has 0 unspecified atom stereocenters. The summed E-state index contributed by atoms with van der Waals surface area (Å²) in [5.74, 6) is -1.43. The van der Waals surface area contributed by atoms with E-state index in [-0.39, 0.29) is 60.6 Å². The first-order valence-electron chi connectivity index (χ1n) is 7.06.